The van der Waals surface area contributed by atoms with E-state index in [0.29, 0.717) is 18.1 Å². The molecule has 2 heterocycles. The molecule has 0 saturated carbocycles. The monoisotopic (exact) mass is 316 g/mol. The lowest BCUT2D eigenvalue weighted by molar-refractivity contribution is -0.142. The van der Waals surface area contributed by atoms with Crippen LogP contribution < -0.4 is 5.32 Å². The number of carboxylic acids is 1. The van der Waals surface area contributed by atoms with Gasteiger partial charge in [0.2, 0.25) is 0 Å². The summed E-state index contributed by atoms with van der Waals surface area (Å²) in [5, 5.41) is 13.0. The maximum absolute atomic E-state index is 11.6. The SMILES string of the molecule is Cc1ccccc1NC(=S)N1Cc2[nH]cnc2CC1C(=O)O. The van der Waals surface area contributed by atoms with E-state index >= 15 is 0 Å². The third kappa shape index (κ3) is 2.67. The maximum Gasteiger partial charge on any atom is 0.326 e. The van der Waals surface area contributed by atoms with Crippen molar-refractivity contribution in [3.05, 3.63) is 47.5 Å². The normalized spacial score (nSPS) is 17.0. The van der Waals surface area contributed by atoms with Crippen molar-refractivity contribution in [3.8, 4) is 0 Å². The number of thiocarbonyl (C=S) groups is 1. The van der Waals surface area contributed by atoms with Gasteiger partial charge in [0.1, 0.15) is 6.04 Å². The molecule has 1 aromatic heterocycles. The smallest absolute Gasteiger partial charge is 0.326 e. The van der Waals surface area contributed by atoms with Gasteiger partial charge in [0.15, 0.2) is 5.11 Å². The zero-order valence-corrected chi connectivity index (χ0v) is 12.9. The molecule has 1 atom stereocenters. The number of rotatable bonds is 2. The number of aromatic nitrogens is 2. The second kappa shape index (κ2) is 5.76. The van der Waals surface area contributed by atoms with Gasteiger partial charge in [-0.25, -0.2) is 9.78 Å². The number of imidazole rings is 1. The zero-order valence-electron chi connectivity index (χ0n) is 12.0. The van der Waals surface area contributed by atoms with Gasteiger partial charge in [-0.05, 0) is 30.8 Å². The number of hydrogen-bond donors (Lipinski definition) is 3. The molecule has 0 amide bonds. The molecule has 0 fully saturated rings. The first-order valence-corrected chi connectivity index (χ1v) is 7.34. The molecule has 0 bridgehead atoms. The van der Waals surface area contributed by atoms with Crippen LogP contribution in [0.5, 0.6) is 0 Å². The molecule has 0 saturated heterocycles. The number of para-hydroxylation sites is 1. The van der Waals surface area contributed by atoms with Gasteiger partial charge in [-0.1, -0.05) is 18.2 Å². The third-order valence-corrected chi connectivity index (χ3v) is 4.17. The summed E-state index contributed by atoms with van der Waals surface area (Å²) in [6.07, 6.45) is 1.93. The molecule has 1 aromatic carbocycles. The minimum atomic E-state index is -0.900. The average molecular weight is 316 g/mol. The van der Waals surface area contributed by atoms with E-state index in [0.717, 1.165) is 22.6 Å². The lowest BCUT2D eigenvalue weighted by Crippen LogP contribution is -2.50. The second-order valence-electron chi connectivity index (χ2n) is 5.26. The second-order valence-corrected chi connectivity index (χ2v) is 5.65. The van der Waals surface area contributed by atoms with Crippen molar-refractivity contribution in [2.45, 2.75) is 25.9 Å². The molecule has 0 aliphatic carbocycles. The molecule has 7 heteroatoms. The van der Waals surface area contributed by atoms with Gasteiger partial charge in [0.25, 0.3) is 0 Å². The molecule has 22 heavy (non-hydrogen) atoms. The third-order valence-electron chi connectivity index (χ3n) is 3.83. The van der Waals surface area contributed by atoms with Gasteiger partial charge in [0, 0.05) is 12.1 Å². The molecule has 0 spiro atoms. The van der Waals surface area contributed by atoms with Crippen LogP contribution in [-0.2, 0) is 17.8 Å². The highest BCUT2D eigenvalue weighted by Gasteiger charge is 2.34. The summed E-state index contributed by atoms with van der Waals surface area (Å²) in [7, 11) is 0. The highest BCUT2D eigenvalue weighted by Crippen LogP contribution is 2.23. The summed E-state index contributed by atoms with van der Waals surface area (Å²) in [5.74, 6) is -0.900. The van der Waals surface area contributed by atoms with E-state index in [2.05, 4.69) is 15.3 Å². The quantitative estimate of drug-likeness (QED) is 0.735. The van der Waals surface area contributed by atoms with Gasteiger partial charge in [-0.2, -0.15) is 0 Å². The molecule has 3 rings (SSSR count). The molecule has 6 nitrogen and oxygen atoms in total. The van der Waals surface area contributed by atoms with Crippen molar-refractivity contribution in [2.24, 2.45) is 0 Å². The fourth-order valence-electron chi connectivity index (χ4n) is 2.57. The first-order chi connectivity index (χ1) is 10.6. The van der Waals surface area contributed by atoms with Crippen molar-refractivity contribution >= 4 is 29.0 Å². The van der Waals surface area contributed by atoms with Crippen molar-refractivity contribution in [3.63, 3.8) is 0 Å². The Balaban J connectivity index is 1.84. The number of carbonyl (C=O) groups is 1. The Kier molecular flexibility index (Phi) is 3.81. The van der Waals surface area contributed by atoms with Gasteiger partial charge >= 0.3 is 5.97 Å². The fraction of sp³-hybridized carbons (Fsp3) is 0.267. The summed E-state index contributed by atoms with van der Waals surface area (Å²) in [6, 6.07) is 7.04. The minimum absolute atomic E-state index is 0.337. The number of carboxylic acid groups (broad SMARTS) is 1. The number of H-pyrrole nitrogens is 1. The van der Waals surface area contributed by atoms with Crippen LogP contribution in [0, 0.1) is 6.92 Å². The number of benzene rings is 1. The molecule has 1 aliphatic rings. The Morgan fingerprint density at radius 1 is 1.50 bits per heavy atom. The molecule has 3 N–H and O–H groups in total. The molecule has 1 unspecified atom stereocenters. The number of aromatic amines is 1. The van der Waals surface area contributed by atoms with E-state index in [1.165, 1.54) is 0 Å². The molecule has 2 aromatic rings. The van der Waals surface area contributed by atoms with E-state index in [-0.39, 0.29) is 0 Å². The van der Waals surface area contributed by atoms with E-state index in [9.17, 15) is 9.90 Å². The summed E-state index contributed by atoms with van der Waals surface area (Å²) >= 11 is 5.43. The number of aliphatic carboxylic acids is 1. The number of nitrogens with zero attached hydrogens (tertiary/aromatic N) is 2. The lowest BCUT2D eigenvalue weighted by atomic mass is 10.0. The zero-order chi connectivity index (χ0) is 15.7. The van der Waals surface area contributed by atoms with E-state index in [4.69, 9.17) is 12.2 Å². The Morgan fingerprint density at radius 3 is 3.00 bits per heavy atom. The first-order valence-electron chi connectivity index (χ1n) is 6.93. The summed E-state index contributed by atoms with van der Waals surface area (Å²) in [5.41, 5.74) is 3.64. The number of hydrogen-bond acceptors (Lipinski definition) is 3. The maximum atomic E-state index is 11.6. The van der Waals surface area contributed by atoms with Crippen LogP contribution in [0.1, 0.15) is 17.0 Å². The minimum Gasteiger partial charge on any atom is -0.480 e. The number of nitrogens with one attached hydrogen (secondary N) is 2. The lowest BCUT2D eigenvalue weighted by Gasteiger charge is -2.34. The van der Waals surface area contributed by atoms with Gasteiger partial charge in [-0.15, -0.1) is 0 Å². The topological polar surface area (TPSA) is 81.2 Å². The highest BCUT2D eigenvalue weighted by molar-refractivity contribution is 7.80. The van der Waals surface area contributed by atoms with Crippen LogP contribution in [-0.4, -0.2) is 37.1 Å². The predicted octanol–water partition coefficient (Wildman–Crippen LogP) is 1.93. The van der Waals surface area contributed by atoms with E-state index < -0.39 is 12.0 Å². The molecular formula is C15H16N4O2S. The molecule has 1 aliphatic heterocycles. The van der Waals surface area contributed by atoms with Gasteiger partial charge in [-0.3, -0.25) is 0 Å². The van der Waals surface area contributed by atoms with E-state index in [1.54, 1.807) is 11.2 Å². The molecular weight excluding hydrogens is 300 g/mol. The van der Waals surface area contributed by atoms with Crippen LogP contribution in [0.3, 0.4) is 0 Å². The summed E-state index contributed by atoms with van der Waals surface area (Å²) < 4.78 is 0. The number of anilines is 1. The van der Waals surface area contributed by atoms with Crippen LogP contribution in [0.15, 0.2) is 30.6 Å². The van der Waals surface area contributed by atoms with Crippen molar-refractivity contribution in [1.82, 2.24) is 14.9 Å². The van der Waals surface area contributed by atoms with Crippen molar-refractivity contribution in [2.75, 3.05) is 5.32 Å². The molecule has 114 valence electrons. The standard InChI is InChI=1S/C15H16N4O2S/c1-9-4-2-3-5-10(9)18-15(22)19-7-12-11(16-8-17-12)6-13(19)14(20)21/h2-5,8,13H,6-7H2,1H3,(H,16,17)(H,18,22)(H,20,21). The predicted molar refractivity (Wildman–Crippen MR) is 86.7 cm³/mol. The number of aryl methyl sites for hydroxylation is 1. The van der Waals surface area contributed by atoms with Crippen molar-refractivity contribution in [1.29, 1.82) is 0 Å². The fourth-order valence-corrected chi connectivity index (χ4v) is 2.87. The number of fused-ring (bicyclic) bond motifs is 1. The molecule has 0 radical (unpaired) electrons. The largest absolute Gasteiger partial charge is 0.480 e. The average Bonchev–Trinajstić information content (AvgIpc) is 2.95. The van der Waals surface area contributed by atoms with Crippen LogP contribution in [0.4, 0.5) is 5.69 Å². The van der Waals surface area contributed by atoms with Gasteiger partial charge in [0.05, 0.1) is 24.3 Å². The van der Waals surface area contributed by atoms with E-state index in [1.807, 2.05) is 31.2 Å². The highest BCUT2D eigenvalue weighted by atomic mass is 32.1. The Morgan fingerprint density at radius 2 is 2.27 bits per heavy atom. The Labute approximate surface area is 133 Å². The van der Waals surface area contributed by atoms with Crippen LogP contribution in [0.25, 0.3) is 0 Å². The summed E-state index contributed by atoms with van der Waals surface area (Å²) in [6.45, 7) is 2.38. The first kappa shape index (κ1) is 14.5. The Hall–Kier alpha value is -2.41. The summed E-state index contributed by atoms with van der Waals surface area (Å²) in [4.78, 5) is 20.5. The van der Waals surface area contributed by atoms with Crippen LogP contribution in [0.2, 0.25) is 0 Å². The Bertz CT molecular complexity index is 728. The van der Waals surface area contributed by atoms with Gasteiger partial charge < -0.3 is 20.3 Å². The van der Waals surface area contributed by atoms with Crippen LogP contribution >= 0.6 is 12.2 Å². The van der Waals surface area contributed by atoms with Crippen molar-refractivity contribution < 1.29 is 9.90 Å².